The Labute approximate surface area is 165 Å². The number of fused-ring (bicyclic) bond motifs is 1. The van der Waals surface area contributed by atoms with E-state index in [0.717, 1.165) is 65.9 Å². The number of pyridine rings is 1. The molecular formula is C23H27N3O2. The maximum Gasteiger partial charge on any atom is 0.415 e. The molecule has 1 amide bonds. The monoisotopic (exact) mass is 377 g/mol. The van der Waals surface area contributed by atoms with Crippen molar-refractivity contribution in [1.29, 1.82) is 0 Å². The summed E-state index contributed by atoms with van der Waals surface area (Å²) in [5.74, 6) is 0.602. The molecule has 1 saturated heterocycles. The van der Waals surface area contributed by atoms with Crippen molar-refractivity contribution < 1.29 is 9.53 Å². The molecule has 0 saturated carbocycles. The van der Waals surface area contributed by atoms with E-state index >= 15 is 0 Å². The predicted octanol–water partition coefficient (Wildman–Crippen LogP) is 5.39. The highest BCUT2D eigenvalue weighted by atomic mass is 16.6. The Morgan fingerprint density at radius 2 is 1.82 bits per heavy atom. The number of aromatic nitrogens is 2. The van der Waals surface area contributed by atoms with Gasteiger partial charge in [0.15, 0.2) is 0 Å². The molecule has 1 aliphatic heterocycles. The molecule has 3 heterocycles. The molecule has 3 aromatic rings. The van der Waals surface area contributed by atoms with Gasteiger partial charge in [-0.15, -0.1) is 0 Å². The number of H-pyrrole nitrogens is 1. The fourth-order valence-corrected chi connectivity index (χ4v) is 4.12. The van der Waals surface area contributed by atoms with Crippen molar-refractivity contribution in [3.05, 3.63) is 47.3 Å². The van der Waals surface area contributed by atoms with Crippen molar-refractivity contribution in [3.8, 4) is 17.0 Å². The molecule has 1 aliphatic rings. The predicted molar refractivity (Wildman–Crippen MR) is 112 cm³/mol. The fraction of sp³-hybridized carbons (Fsp3) is 0.391. The van der Waals surface area contributed by atoms with Gasteiger partial charge in [-0.05, 0) is 75.4 Å². The third-order valence-corrected chi connectivity index (χ3v) is 5.42. The number of carbonyl (C=O) groups is 1. The van der Waals surface area contributed by atoms with Gasteiger partial charge in [-0.2, -0.15) is 0 Å². The van der Waals surface area contributed by atoms with E-state index in [1.54, 1.807) is 4.90 Å². The van der Waals surface area contributed by atoms with Crippen LogP contribution in [0.2, 0.25) is 0 Å². The van der Waals surface area contributed by atoms with Gasteiger partial charge in [0.2, 0.25) is 0 Å². The third kappa shape index (κ3) is 3.61. The zero-order valence-corrected chi connectivity index (χ0v) is 16.8. The average Bonchev–Trinajstić information content (AvgIpc) is 3.06. The van der Waals surface area contributed by atoms with Crippen LogP contribution in [0.5, 0.6) is 5.75 Å². The number of ether oxygens (including phenoxy) is 1. The van der Waals surface area contributed by atoms with Gasteiger partial charge < -0.3 is 14.6 Å². The summed E-state index contributed by atoms with van der Waals surface area (Å²) < 4.78 is 5.68. The minimum atomic E-state index is -0.242. The van der Waals surface area contributed by atoms with Crippen molar-refractivity contribution in [2.75, 3.05) is 13.1 Å². The Kier molecular flexibility index (Phi) is 5.07. The number of amides is 1. The summed E-state index contributed by atoms with van der Waals surface area (Å²) in [7, 11) is 0. The fourth-order valence-electron chi connectivity index (χ4n) is 4.12. The standard InChI is InChI=1S/C23H27N3O2/c1-4-19-20-14-18(28-23(27)26-10-6-5-7-11-26)8-9-21(20)25-22(19)17-12-15(2)24-16(3)13-17/h8-9,12-14,25H,4-7,10-11H2,1-3H3. The number of aryl methyl sites for hydroxylation is 3. The number of piperidine rings is 1. The molecule has 146 valence electrons. The van der Waals surface area contributed by atoms with Crippen LogP contribution in [0.3, 0.4) is 0 Å². The number of hydrogen-bond acceptors (Lipinski definition) is 3. The van der Waals surface area contributed by atoms with Crippen molar-refractivity contribution in [3.63, 3.8) is 0 Å². The second-order valence-electron chi connectivity index (χ2n) is 7.59. The normalized spacial score (nSPS) is 14.5. The van der Waals surface area contributed by atoms with Gasteiger partial charge in [0, 0.05) is 46.6 Å². The number of nitrogens with one attached hydrogen (secondary N) is 1. The van der Waals surface area contributed by atoms with Gasteiger partial charge in [-0.1, -0.05) is 6.92 Å². The molecule has 0 atom stereocenters. The smallest absolute Gasteiger partial charge is 0.410 e. The van der Waals surface area contributed by atoms with Crippen LogP contribution in [-0.2, 0) is 6.42 Å². The van der Waals surface area contributed by atoms with Crippen LogP contribution in [0.15, 0.2) is 30.3 Å². The molecule has 0 spiro atoms. The van der Waals surface area contributed by atoms with Crippen LogP contribution in [-0.4, -0.2) is 34.1 Å². The molecular weight excluding hydrogens is 350 g/mol. The molecule has 0 aliphatic carbocycles. The first kappa shape index (κ1) is 18.5. The van der Waals surface area contributed by atoms with Crippen LogP contribution in [0, 0.1) is 13.8 Å². The number of benzene rings is 1. The van der Waals surface area contributed by atoms with Gasteiger partial charge in [0.05, 0.1) is 0 Å². The Hall–Kier alpha value is -2.82. The second kappa shape index (κ2) is 7.66. The van der Waals surface area contributed by atoms with Crippen LogP contribution < -0.4 is 4.74 Å². The van der Waals surface area contributed by atoms with E-state index in [1.165, 1.54) is 12.0 Å². The zero-order valence-electron chi connectivity index (χ0n) is 16.8. The van der Waals surface area contributed by atoms with E-state index in [-0.39, 0.29) is 6.09 Å². The summed E-state index contributed by atoms with van der Waals surface area (Å²) in [6.45, 7) is 7.76. The first-order valence-corrected chi connectivity index (χ1v) is 10.1. The Bertz CT molecular complexity index is 996. The summed E-state index contributed by atoms with van der Waals surface area (Å²) in [5.41, 5.74) is 6.56. The van der Waals surface area contributed by atoms with Crippen LogP contribution in [0.4, 0.5) is 4.79 Å². The minimum Gasteiger partial charge on any atom is -0.410 e. The molecule has 2 aromatic heterocycles. The first-order chi connectivity index (χ1) is 13.5. The lowest BCUT2D eigenvalue weighted by Crippen LogP contribution is -2.37. The quantitative estimate of drug-likeness (QED) is 0.665. The molecule has 0 radical (unpaired) electrons. The highest BCUT2D eigenvalue weighted by Crippen LogP contribution is 2.33. The lowest BCUT2D eigenvalue weighted by molar-refractivity contribution is 0.142. The maximum atomic E-state index is 12.4. The number of carbonyl (C=O) groups excluding carboxylic acids is 1. The zero-order chi connectivity index (χ0) is 19.7. The Morgan fingerprint density at radius 1 is 1.11 bits per heavy atom. The number of aromatic amines is 1. The van der Waals surface area contributed by atoms with Gasteiger partial charge in [-0.3, -0.25) is 4.98 Å². The van der Waals surface area contributed by atoms with Crippen molar-refractivity contribution >= 4 is 17.0 Å². The topological polar surface area (TPSA) is 58.2 Å². The van der Waals surface area contributed by atoms with E-state index in [4.69, 9.17) is 4.74 Å². The number of rotatable bonds is 3. The molecule has 4 rings (SSSR count). The van der Waals surface area contributed by atoms with E-state index in [1.807, 2.05) is 32.0 Å². The largest absolute Gasteiger partial charge is 0.415 e. The van der Waals surface area contributed by atoms with Crippen LogP contribution in [0.1, 0.15) is 43.1 Å². The Morgan fingerprint density at radius 3 is 2.50 bits per heavy atom. The molecule has 5 nitrogen and oxygen atoms in total. The lowest BCUT2D eigenvalue weighted by Gasteiger charge is -2.25. The molecule has 1 aromatic carbocycles. The summed E-state index contributed by atoms with van der Waals surface area (Å²) in [5, 5.41) is 1.11. The van der Waals surface area contributed by atoms with Crippen LogP contribution >= 0.6 is 0 Å². The van der Waals surface area contributed by atoms with Gasteiger partial charge in [0.25, 0.3) is 0 Å². The molecule has 0 bridgehead atoms. The van der Waals surface area contributed by atoms with E-state index in [0.29, 0.717) is 5.75 Å². The van der Waals surface area contributed by atoms with E-state index in [9.17, 15) is 4.79 Å². The molecule has 28 heavy (non-hydrogen) atoms. The number of nitrogens with zero attached hydrogens (tertiary/aromatic N) is 2. The third-order valence-electron chi connectivity index (χ3n) is 5.42. The maximum absolute atomic E-state index is 12.4. The molecule has 1 fully saturated rings. The summed E-state index contributed by atoms with van der Waals surface area (Å²) in [6.07, 6.45) is 3.95. The molecule has 1 N–H and O–H groups in total. The van der Waals surface area contributed by atoms with Crippen molar-refractivity contribution in [2.24, 2.45) is 0 Å². The SMILES string of the molecule is CCc1c(-c2cc(C)nc(C)c2)[nH]c2ccc(OC(=O)N3CCCCC3)cc12. The minimum absolute atomic E-state index is 0.242. The van der Waals surface area contributed by atoms with Gasteiger partial charge >= 0.3 is 6.09 Å². The van der Waals surface area contributed by atoms with E-state index in [2.05, 4.69) is 29.0 Å². The summed E-state index contributed by atoms with van der Waals surface area (Å²) in [4.78, 5) is 22.3. The second-order valence-corrected chi connectivity index (χ2v) is 7.59. The molecule has 5 heteroatoms. The van der Waals surface area contributed by atoms with Gasteiger partial charge in [-0.25, -0.2) is 4.79 Å². The van der Waals surface area contributed by atoms with E-state index < -0.39 is 0 Å². The first-order valence-electron chi connectivity index (χ1n) is 10.1. The highest BCUT2D eigenvalue weighted by molar-refractivity contribution is 5.92. The number of likely N-dealkylation sites (tertiary alicyclic amines) is 1. The highest BCUT2D eigenvalue weighted by Gasteiger charge is 2.19. The molecule has 0 unspecified atom stereocenters. The summed E-state index contributed by atoms with van der Waals surface area (Å²) >= 11 is 0. The van der Waals surface area contributed by atoms with Crippen molar-refractivity contribution in [2.45, 2.75) is 46.5 Å². The summed E-state index contributed by atoms with van der Waals surface area (Å²) in [6, 6.07) is 10.1. The van der Waals surface area contributed by atoms with Crippen LogP contribution in [0.25, 0.3) is 22.2 Å². The van der Waals surface area contributed by atoms with Gasteiger partial charge in [0.1, 0.15) is 5.75 Å². The number of hydrogen-bond donors (Lipinski definition) is 1. The lowest BCUT2D eigenvalue weighted by atomic mass is 10.0. The Balaban J connectivity index is 1.68. The van der Waals surface area contributed by atoms with Crippen molar-refractivity contribution in [1.82, 2.24) is 14.9 Å². The average molecular weight is 377 g/mol.